The third-order valence-electron chi connectivity index (χ3n) is 3.92. The summed E-state index contributed by atoms with van der Waals surface area (Å²) in [4.78, 5) is 10.2. The minimum absolute atomic E-state index is 0.215. The van der Waals surface area contributed by atoms with E-state index in [1.54, 1.807) is 0 Å². The summed E-state index contributed by atoms with van der Waals surface area (Å²) in [6.07, 6.45) is 2.69. The Bertz CT molecular complexity index is 268. The standard InChI is InChI=1S/C12H26.C8H18O2/c1-10(2)8-9-12(6,7)11(3,4)5;1-7(2,3)9-10-8(4,5)6/h10H,8-9H2,1-7H3;1-6H3. The van der Waals surface area contributed by atoms with E-state index in [1.165, 1.54) is 12.8 Å². The van der Waals surface area contributed by atoms with Crippen molar-refractivity contribution in [2.24, 2.45) is 16.7 Å². The fourth-order valence-corrected chi connectivity index (χ4v) is 1.27. The summed E-state index contributed by atoms with van der Waals surface area (Å²) in [6.45, 7) is 28.1. The maximum absolute atomic E-state index is 5.09. The second-order valence-corrected chi connectivity index (χ2v) is 10.5. The van der Waals surface area contributed by atoms with Crippen molar-refractivity contribution in [3.63, 3.8) is 0 Å². The molecule has 0 aromatic heterocycles. The van der Waals surface area contributed by atoms with Gasteiger partial charge in [0.05, 0.1) is 11.2 Å². The molecule has 0 saturated heterocycles. The van der Waals surface area contributed by atoms with Crippen LogP contribution in [0.15, 0.2) is 0 Å². The van der Waals surface area contributed by atoms with Crippen LogP contribution < -0.4 is 0 Å². The van der Waals surface area contributed by atoms with Crippen LogP contribution in [0.4, 0.5) is 0 Å². The van der Waals surface area contributed by atoms with E-state index < -0.39 is 0 Å². The van der Waals surface area contributed by atoms with Gasteiger partial charge in [0.1, 0.15) is 0 Å². The summed E-state index contributed by atoms with van der Waals surface area (Å²) in [5, 5.41) is 0. The van der Waals surface area contributed by atoms with E-state index in [4.69, 9.17) is 9.78 Å². The van der Waals surface area contributed by atoms with E-state index in [1.807, 2.05) is 41.5 Å². The Kier molecular flexibility index (Phi) is 9.54. The van der Waals surface area contributed by atoms with Gasteiger partial charge in [-0.2, -0.15) is 0 Å². The molecule has 0 N–H and O–H groups in total. The average molecular weight is 317 g/mol. The molecule has 0 aromatic rings. The van der Waals surface area contributed by atoms with Crippen LogP contribution in [0, 0.1) is 16.7 Å². The summed E-state index contributed by atoms with van der Waals surface area (Å²) in [5.74, 6) is 0.839. The Morgan fingerprint density at radius 3 is 1.14 bits per heavy atom. The SMILES string of the molecule is CC(C)(C)OOC(C)(C)C.CC(C)CCC(C)(C)C(C)(C)C. The van der Waals surface area contributed by atoms with Gasteiger partial charge in [-0.15, -0.1) is 0 Å². The number of hydrogen-bond donors (Lipinski definition) is 0. The Hall–Kier alpha value is -0.0800. The van der Waals surface area contributed by atoms with Gasteiger partial charge < -0.3 is 0 Å². The Balaban J connectivity index is 0. The average Bonchev–Trinajstić information content (AvgIpc) is 2.21. The smallest absolute Gasteiger partial charge is 0.0952 e. The lowest BCUT2D eigenvalue weighted by molar-refractivity contribution is -0.393. The van der Waals surface area contributed by atoms with Crippen LogP contribution in [0.25, 0.3) is 0 Å². The molecule has 2 heteroatoms. The molecule has 0 heterocycles. The lowest BCUT2D eigenvalue weighted by atomic mass is 9.66. The maximum Gasteiger partial charge on any atom is 0.0952 e. The van der Waals surface area contributed by atoms with Crippen molar-refractivity contribution in [1.29, 1.82) is 0 Å². The normalized spacial score (nSPS) is 13.9. The van der Waals surface area contributed by atoms with E-state index in [2.05, 4.69) is 48.5 Å². The van der Waals surface area contributed by atoms with Gasteiger partial charge >= 0.3 is 0 Å². The summed E-state index contributed by atoms with van der Waals surface area (Å²) in [5.41, 5.74) is 0.472. The maximum atomic E-state index is 5.09. The molecule has 0 aliphatic heterocycles. The van der Waals surface area contributed by atoms with Crippen LogP contribution >= 0.6 is 0 Å². The summed E-state index contributed by atoms with van der Waals surface area (Å²) in [7, 11) is 0. The molecule has 0 rings (SSSR count). The van der Waals surface area contributed by atoms with E-state index in [0.717, 1.165) is 5.92 Å². The van der Waals surface area contributed by atoms with Crippen molar-refractivity contribution in [3.05, 3.63) is 0 Å². The molecule has 0 fully saturated rings. The van der Waals surface area contributed by atoms with Crippen molar-refractivity contribution in [3.8, 4) is 0 Å². The molecular formula is C20H44O2. The molecule has 22 heavy (non-hydrogen) atoms. The van der Waals surface area contributed by atoms with Gasteiger partial charge in [0, 0.05) is 0 Å². The van der Waals surface area contributed by atoms with Gasteiger partial charge in [0.2, 0.25) is 0 Å². The summed E-state index contributed by atoms with van der Waals surface area (Å²) < 4.78 is 0. The fourth-order valence-electron chi connectivity index (χ4n) is 1.27. The summed E-state index contributed by atoms with van der Waals surface area (Å²) >= 11 is 0. The first-order valence-corrected chi connectivity index (χ1v) is 8.74. The van der Waals surface area contributed by atoms with Crippen molar-refractivity contribution in [1.82, 2.24) is 0 Å². The summed E-state index contributed by atoms with van der Waals surface area (Å²) in [6, 6.07) is 0. The molecule has 0 aliphatic carbocycles. The predicted molar refractivity (Wildman–Crippen MR) is 99.0 cm³/mol. The van der Waals surface area contributed by atoms with Gasteiger partial charge in [0.15, 0.2) is 0 Å². The second kappa shape index (κ2) is 8.68. The van der Waals surface area contributed by atoms with E-state index >= 15 is 0 Å². The lowest BCUT2D eigenvalue weighted by Gasteiger charge is -2.39. The Morgan fingerprint density at radius 2 is 0.955 bits per heavy atom. The zero-order valence-corrected chi connectivity index (χ0v) is 17.8. The monoisotopic (exact) mass is 316 g/mol. The third-order valence-corrected chi connectivity index (χ3v) is 3.92. The van der Waals surface area contributed by atoms with Gasteiger partial charge in [-0.25, -0.2) is 9.78 Å². The molecule has 0 unspecified atom stereocenters. The zero-order chi connectivity index (χ0) is 18.4. The van der Waals surface area contributed by atoms with E-state index in [0.29, 0.717) is 10.8 Å². The molecule has 0 aromatic carbocycles. The Morgan fingerprint density at radius 1 is 0.636 bits per heavy atom. The van der Waals surface area contributed by atoms with Crippen molar-refractivity contribution < 1.29 is 9.78 Å². The first kappa shape index (κ1) is 24.2. The minimum atomic E-state index is -0.215. The fraction of sp³-hybridized carbons (Fsp3) is 1.00. The molecule has 2 nitrogen and oxygen atoms in total. The highest BCUT2D eigenvalue weighted by Gasteiger charge is 2.32. The van der Waals surface area contributed by atoms with Crippen LogP contribution in [0.5, 0.6) is 0 Å². The highest BCUT2D eigenvalue weighted by Crippen LogP contribution is 2.42. The van der Waals surface area contributed by atoms with Gasteiger partial charge in [-0.3, -0.25) is 0 Å². The zero-order valence-electron chi connectivity index (χ0n) is 17.8. The Labute approximate surface area is 141 Å². The molecule has 0 aliphatic rings. The van der Waals surface area contributed by atoms with Gasteiger partial charge in [0.25, 0.3) is 0 Å². The molecule has 0 saturated carbocycles. The molecule has 0 spiro atoms. The first-order valence-electron chi connectivity index (χ1n) is 8.74. The van der Waals surface area contributed by atoms with Crippen molar-refractivity contribution in [2.45, 2.75) is 114 Å². The number of hydrogen-bond acceptors (Lipinski definition) is 2. The molecule has 136 valence electrons. The van der Waals surface area contributed by atoms with Crippen LogP contribution in [0.2, 0.25) is 0 Å². The van der Waals surface area contributed by atoms with Crippen LogP contribution in [-0.4, -0.2) is 11.2 Å². The first-order chi connectivity index (χ1) is 9.37. The predicted octanol–water partition coefficient (Wildman–Crippen LogP) is 7.03. The quantitative estimate of drug-likeness (QED) is 0.409. The van der Waals surface area contributed by atoms with Gasteiger partial charge in [-0.1, -0.05) is 54.9 Å². The largest absolute Gasteiger partial charge is 0.230 e. The molecule has 0 radical (unpaired) electrons. The van der Waals surface area contributed by atoms with Crippen molar-refractivity contribution >= 4 is 0 Å². The van der Waals surface area contributed by atoms with Gasteiger partial charge in [-0.05, 0) is 64.7 Å². The lowest BCUT2D eigenvalue weighted by Crippen LogP contribution is -2.29. The minimum Gasteiger partial charge on any atom is -0.230 e. The van der Waals surface area contributed by atoms with Crippen LogP contribution in [0.1, 0.15) is 103 Å². The topological polar surface area (TPSA) is 18.5 Å². The highest BCUT2D eigenvalue weighted by molar-refractivity contribution is 4.82. The number of rotatable bonds is 4. The van der Waals surface area contributed by atoms with Crippen molar-refractivity contribution in [2.75, 3.05) is 0 Å². The van der Waals surface area contributed by atoms with Crippen LogP contribution in [-0.2, 0) is 9.78 Å². The third kappa shape index (κ3) is 14.8. The highest BCUT2D eigenvalue weighted by atomic mass is 17.2. The molecule has 0 atom stereocenters. The van der Waals surface area contributed by atoms with Crippen LogP contribution in [0.3, 0.4) is 0 Å². The van der Waals surface area contributed by atoms with E-state index in [-0.39, 0.29) is 11.2 Å². The van der Waals surface area contributed by atoms with E-state index in [9.17, 15) is 0 Å². The molecule has 0 amide bonds. The molecule has 0 bridgehead atoms. The second-order valence-electron chi connectivity index (χ2n) is 10.5. The molecular weight excluding hydrogens is 272 g/mol.